The van der Waals surface area contributed by atoms with Crippen molar-refractivity contribution in [1.82, 2.24) is 5.32 Å². The highest BCUT2D eigenvalue weighted by molar-refractivity contribution is 9.10. The number of unbranched alkanes of at least 4 members (excludes halogenated alkanes) is 1. The van der Waals surface area contributed by atoms with E-state index in [2.05, 4.69) is 34.2 Å². The average molecular weight is 300 g/mol. The molecule has 17 heavy (non-hydrogen) atoms. The van der Waals surface area contributed by atoms with E-state index in [-0.39, 0.29) is 0 Å². The summed E-state index contributed by atoms with van der Waals surface area (Å²) < 4.78 is 6.80. The van der Waals surface area contributed by atoms with Gasteiger partial charge in [0.25, 0.3) is 0 Å². The summed E-state index contributed by atoms with van der Waals surface area (Å²) in [5.74, 6) is 0.992. The Bertz CT molecular complexity index is 341. The van der Waals surface area contributed by atoms with Gasteiger partial charge < -0.3 is 10.1 Å². The number of halogens is 1. The van der Waals surface area contributed by atoms with Crippen LogP contribution in [0.2, 0.25) is 0 Å². The number of benzene rings is 1. The van der Waals surface area contributed by atoms with Crippen LogP contribution in [0, 0.1) is 0 Å². The monoisotopic (exact) mass is 299 g/mol. The highest BCUT2D eigenvalue weighted by Gasteiger charge is 2.14. The van der Waals surface area contributed by atoms with Gasteiger partial charge in [-0.05, 0) is 38.6 Å². The minimum absolute atomic E-state index is 0.369. The Kier molecular flexibility index (Phi) is 6.60. The first-order valence-electron chi connectivity index (χ1n) is 6.32. The third-order valence-corrected chi connectivity index (χ3v) is 3.34. The average Bonchev–Trinajstić information content (AvgIpc) is 2.33. The van der Waals surface area contributed by atoms with Crippen LogP contribution in [-0.2, 0) is 0 Å². The van der Waals surface area contributed by atoms with Gasteiger partial charge in [0.1, 0.15) is 5.75 Å². The highest BCUT2D eigenvalue weighted by Crippen LogP contribution is 2.31. The van der Waals surface area contributed by atoms with Crippen LogP contribution in [0.25, 0.3) is 0 Å². The molecule has 1 aromatic carbocycles. The number of ether oxygens (including phenoxy) is 1. The van der Waals surface area contributed by atoms with E-state index in [1.807, 2.05) is 26.1 Å². The molecule has 0 fully saturated rings. The number of hydrogen-bond acceptors (Lipinski definition) is 2. The van der Waals surface area contributed by atoms with Gasteiger partial charge in [0.2, 0.25) is 0 Å². The topological polar surface area (TPSA) is 21.3 Å². The van der Waals surface area contributed by atoms with Gasteiger partial charge in [0.05, 0.1) is 6.61 Å². The van der Waals surface area contributed by atoms with Crippen molar-refractivity contribution in [2.24, 2.45) is 0 Å². The first kappa shape index (κ1) is 14.5. The maximum atomic E-state index is 5.69. The second-order valence-electron chi connectivity index (χ2n) is 4.10. The van der Waals surface area contributed by atoms with Gasteiger partial charge in [0, 0.05) is 16.1 Å². The van der Waals surface area contributed by atoms with Crippen LogP contribution in [0.4, 0.5) is 0 Å². The van der Waals surface area contributed by atoms with Crippen LogP contribution >= 0.6 is 15.9 Å². The molecule has 0 heterocycles. The fourth-order valence-corrected chi connectivity index (χ4v) is 2.32. The van der Waals surface area contributed by atoms with Crippen molar-refractivity contribution in [3.05, 3.63) is 28.2 Å². The Balaban J connectivity index is 2.93. The van der Waals surface area contributed by atoms with Gasteiger partial charge in [0.15, 0.2) is 0 Å². The molecule has 0 bridgehead atoms. The third kappa shape index (κ3) is 4.32. The normalized spacial score (nSPS) is 12.5. The van der Waals surface area contributed by atoms with Crippen LogP contribution < -0.4 is 10.1 Å². The van der Waals surface area contributed by atoms with E-state index >= 15 is 0 Å². The summed E-state index contributed by atoms with van der Waals surface area (Å²) in [4.78, 5) is 0. The summed E-state index contributed by atoms with van der Waals surface area (Å²) in [7, 11) is 2.01. The number of rotatable bonds is 7. The van der Waals surface area contributed by atoms with Gasteiger partial charge in [-0.25, -0.2) is 0 Å². The maximum Gasteiger partial charge on any atom is 0.124 e. The molecule has 1 N–H and O–H groups in total. The van der Waals surface area contributed by atoms with E-state index in [1.165, 1.54) is 18.4 Å². The smallest absolute Gasteiger partial charge is 0.124 e. The molecule has 96 valence electrons. The van der Waals surface area contributed by atoms with E-state index < -0.39 is 0 Å². The molecule has 3 heteroatoms. The minimum Gasteiger partial charge on any atom is -0.494 e. The summed E-state index contributed by atoms with van der Waals surface area (Å²) in [6, 6.07) is 6.59. The third-order valence-electron chi connectivity index (χ3n) is 2.84. The molecule has 0 spiro atoms. The van der Waals surface area contributed by atoms with Crippen molar-refractivity contribution in [1.29, 1.82) is 0 Å². The lowest BCUT2D eigenvalue weighted by atomic mass is 10.0. The lowest BCUT2D eigenvalue weighted by Crippen LogP contribution is -2.17. The Labute approximate surface area is 113 Å². The first-order chi connectivity index (χ1) is 8.22. The number of nitrogens with one attached hydrogen (secondary N) is 1. The van der Waals surface area contributed by atoms with E-state index in [4.69, 9.17) is 4.74 Å². The zero-order chi connectivity index (χ0) is 12.7. The molecular weight excluding hydrogens is 278 g/mol. The summed E-state index contributed by atoms with van der Waals surface area (Å²) in [6.07, 6.45) is 3.59. The van der Waals surface area contributed by atoms with Crippen LogP contribution in [0.15, 0.2) is 22.7 Å². The van der Waals surface area contributed by atoms with Crippen molar-refractivity contribution in [2.75, 3.05) is 13.7 Å². The molecular formula is C14H22BrNO. The Morgan fingerprint density at radius 3 is 2.71 bits per heavy atom. The van der Waals surface area contributed by atoms with Gasteiger partial charge in [-0.2, -0.15) is 0 Å². The van der Waals surface area contributed by atoms with E-state index in [9.17, 15) is 0 Å². The fraction of sp³-hybridized carbons (Fsp3) is 0.571. The second-order valence-corrected chi connectivity index (χ2v) is 5.01. The molecule has 0 aliphatic heterocycles. The molecule has 0 radical (unpaired) electrons. The zero-order valence-electron chi connectivity index (χ0n) is 10.9. The summed E-state index contributed by atoms with van der Waals surface area (Å²) in [6.45, 7) is 4.95. The lowest BCUT2D eigenvalue weighted by Gasteiger charge is -2.20. The largest absolute Gasteiger partial charge is 0.494 e. The number of hydrogen-bond donors (Lipinski definition) is 1. The Hall–Kier alpha value is -0.540. The molecule has 0 aliphatic rings. The first-order valence-corrected chi connectivity index (χ1v) is 7.11. The predicted molar refractivity (Wildman–Crippen MR) is 76.6 cm³/mol. The fourth-order valence-electron chi connectivity index (χ4n) is 1.94. The minimum atomic E-state index is 0.369. The molecule has 0 saturated carbocycles. The molecule has 2 nitrogen and oxygen atoms in total. The van der Waals surface area contributed by atoms with Gasteiger partial charge in [-0.3, -0.25) is 0 Å². The SMILES string of the molecule is CCCCC(NC)c1cc(Br)ccc1OCC. The lowest BCUT2D eigenvalue weighted by molar-refractivity contribution is 0.330. The van der Waals surface area contributed by atoms with Gasteiger partial charge >= 0.3 is 0 Å². The van der Waals surface area contributed by atoms with E-state index in [0.717, 1.165) is 16.6 Å². The van der Waals surface area contributed by atoms with Crippen LogP contribution in [-0.4, -0.2) is 13.7 Å². The van der Waals surface area contributed by atoms with Gasteiger partial charge in [-0.1, -0.05) is 35.7 Å². The van der Waals surface area contributed by atoms with Crippen molar-refractivity contribution >= 4 is 15.9 Å². The van der Waals surface area contributed by atoms with Gasteiger partial charge in [-0.15, -0.1) is 0 Å². The van der Waals surface area contributed by atoms with Crippen molar-refractivity contribution in [3.63, 3.8) is 0 Å². The summed E-state index contributed by atoms with van der Waals surface area (Å²) in [5, 5.41) is 3.38. The van der Waals surface area contributed by atoms with Crippen LogP contribution in [0.5, 0.6) is 5.75 Å². The standard InChI is InChI=1S/C14H22BrNO/c1-4-6-7-13(16-3)12-10-11(15)8-9-14(12)17-5-2/h8-10,13,16H,4-7H2,1-3H3. The van der Waals surface area contributed by atoms with Crippen molar-refractivity contribution in [3.8, 4) is 5.75 Å². The zero-order valence-corrected chi connectivity index (χ0v) is 12.5. The summed E-state index contributed by atoms with van der Waals surface area (Å²) >= 11 is 3.53. The molecule has 1 aromatic rings. The van der Waals surface area contributed by atoms with Crippen molar-refractivity contribution < 1.29 is 4.74 Å². The molecule has 1 unspecified atom stereocenters. The quantitative estimate of drug-likeness (QED) is 0.810. The van der Waals surface area contributed by atoms with E-state index in [0.29, 0.717) is 12.6 Å². The highest BCUT2D eigenvalue weighted by atomic mass is 79.9. The van der Waals surface area contributed by atoms with Crippen LogP contribution in [0.3, 0.4) is 0 Å². The molecule has 1 rings (SSSR count). The Morgan fingerprint density at radius 2 is 2.12 bits per heavy atom. The van der Waals surface area contributed by atoms with E-state index in [1.54, 1.807) is 0 Å². The maximum absolute atomic E-state index is 5.69. The summed E-state index contributed by atoms with van der Waals surface area (Å²) in [5.41, 5.74) is 1.25. The molecule has 1 atom stereocenters. The molecule has 0 aliphatic carbocycles. The predicted octanol–water partition coefficient (Wildman–Crippen LogP) is 4.30. The second kappa shape index (κ2) is 7.72. The van der Waals surface area contributed by atoms with Crippen molar-refractivity contribution in [2.45, 2.75) is 39.2 Å². The Morgan fingerprint density at radius 1 is 1.35 bits per heavy atom. The van der Waals surface area contributed by atoms with Crippen LogP contribution in [0.1, 0.15) is 44.7 Å². The molecule has 0 aromatic heterocycles. The molecule has 0 amide bonds. The molecule has 0 saturated heterocycles.